The maximum atomic E-state index is 12.4. The lowest BCUT2D eigenvalue weighted by Gasteiger charge is -2.22. The van der Waals surface area contributed by atoms with Crippen LogP contribution in [0.15, 0.2) is 47.4 Å². The third kappa shape index (κ3) is 2.50. The Morgan fingerprint density at radius 1 is 1.17 bits per heavy atom. The summed E-state index contributed by atoms with van der Waals surface area (Å²) < 4.78 is 26.4. The Morgan fingerprint density at radius 2 is 1.83 bits per heavy atom. The van der Waals surface area contributed by atoms with Gasteiger partial charge >= 0.3 is 0 Å². The molecule has 0 aliphatic carbocycles. The van der Waals surface area contributed by atoms with Gasteiger partial charge in [-0.1, -0.05) is 36.8 Å². The average Bonchev–Trinajstić information content (AvgIpc) is 2.80. The number of carbonyl (C=O) groups excluding carboxylic acids is 1. The zero-order valence-corrected chi connectivity index (χ0v) is 14.1. The van der Waals surface area contributed by atoms with Gasteiger partial charge in [-0.05, 0) is 30.7 Å². The summed E-state index contributed by atoms with van der Waals surface area (Å²) >= 11 is 0. The van der Waals surface area contributed by atoms with Gasteiger partial charge in [0.25, 0.3) is 5.91 Å². The summed E-state index contributed by atoms with van der Waals surface area (Å²) in [6.07, 6.45) is 0. The van der Waals surface area contributed by atoms with E-state index in [9.17, 15) is 18.3 Å². The normalized spacial score (nSPS) is 19.9. The molecular formula is C17H18N2O4S. The van der Waals surface area contributed by atoms with Crippen LogP contribution in [0.1, 0.15) is 23.6 Å². The molecule has 0 bridgehead atoms. The maximum Gasteiger partial charge on any atom is 0.265 e. The molecular weight excluding hydrogens is 328 g/mol. The first-order valence-corrected chi connectivity index (χ1v) is 9.02. The quantitative estimate of drug-likeness (QED) is 0.781. The van der Waals surface area contributed by atoms with Gasteiger partial charge in [-0.3, -0.25) is 4.79 Å². The SMILES string of the molecule is CCNS(=O)(=O)c1ccc(C2(O)C(=O)Nc3ccc(C)cc32)cc1. The molecule has 1 heterocycles. The first kappa shape index (κ1) is 16.6. The second-order valence-corrected chi connectivity index (χ2v) is 7.51. The van der Waals surface area contributed by atoms with Crippen molar-refractivity contribution in [2.24, 2.45) is 0 Å². The first-order chi connectivity index (χ1) is 11.3. The molecule has 1 unspecified atom stereocenters. The number of rotatable bonds is 4. The van der Waals surface area contributed by atoms with E-state index in [0.29, 0.717) is 16.8 Å². The molecule has 24 heavy (non-hydrogen) atoms. The molecule has 2 aromatic rings. The van der Waals surface area contributed by atoms with Crippen molar-refractivity contribution in [3.8, 4) is 0 Å². The van der Waals surface area contributed by atoms with Crippen molar-refractivity contribution < 1.29 is 18.3 Å². The molecule has 6 nitrogen and oxygen atoms in total. The van der Waals surface area contributed by atoms with Gasteiger partial charge in [0.1, 0.15) is 0 Å². The summed E-state index contributed by atoms with van der Waals surface area (Å²) in [5, 5.41) is 13.7. The Labute approximate surface area is 140 Å². The van der Waals surface area contributed by atoms with E-state index < -0.39 is 21.5 Å². The van der Waals surface area contributed by atoms with E-state index in [4.69, 9.17) is 0 Å². The lowest BCUT2D eigenvalue weighted by Crippen LogP contribution is -2.35. The Kier molecular flexibility index (Phi) is 3.95. The summed E-state index contributed by atoms with van der Waals surface area (Å²) in [6, 6.07) is 11.0. The fourth-order valence-corrected chi connectivity index (χ4v) is 3.88. The van der Waals surface area contributed by atoms with Crippen molar-refractivity contribution in [2.45, 2.75) is 24.3 Å². The van der Waals surface area contributed by atoms with Crippen molar-refractivity contribution in [2.75, 3.05) is 11.9 Å². The van der Waals surface area contributed by atoms with E-state index in [-0.39, 0.29) is 11.4 Å². The second-order valence-electron chi connectivity index (χ2n) is 5.74. The summed E-state index contributed by atoms with van der Waals surface area (Å²) in [7, 11) is -3.58. The number of aliphatic hydroxyl groups is 1. The minimum Gasteiger partial charge on any atom is -0.372 e. The van der Waals surface area contributed by atoms with Gasteiger partial charge < -0.3 is 10.4 Å². The fourth-order valence-electron chi connectivity index (χ4n) is 2.84. The van der Waals surface area contributed by atoms with Crippen LogP contribution < -0.4 is 10.0 Å². The van der Waals surface area contributed by atoms with Crippen molar-refractivity contribution in [1.82, 2.24) is 4.72 Å². The minimum atomic E-state index is -3.58. The van der Waals surface area contributed by atoms with Crippen LogP contribution in [0.25, 0.3) is 0 Å². The minimum absolute atomic E-state index is 0.0829. The molecule has 1 atom stereocenters. The van der Waals surface area contributed by atoms with E-state index in [1.165, 1.54) is 24.3 Å². The number of fused-ring (bicyclic) bond motifs is 1. The zero-order valence-electron chi connectivity index (χ0n) is 13.3. The molecule has 2 aromatic carbocycles. The molecule has 1 aliphatic rings. The molecule has 0 saturated heterocycles. The van der Waals surface area contributed by atoms with E-state index in [1.54, 1.807) is 19.1 Å². The van der Waals surface area contributed by atoms with Gasteiger partial charge in [0.2, 0.25) is 10.0 Å². The van der Waals surface area contributed by atoms with Crippen LogP contribution in [0.3, 0.4) is 0 Å². The summed E-state index contributed by atoms with van der Waals surface area (Å²) in [6.45, 7) is 3.84. The first-order valence-electron chi connectivity index (χ1n) is 7.54. The number of carbonyl (C=O) groups is 1. The number of aryl methyl sites for hydroxylation is 1. The van der Waals surface area contributed by atoms with Crippen LogP contribution in [0.5, 0.6) is 0 Å². The molecule has 0 spiro atoms. The molecule has 0 radical (unpaired) electrons. The van der Waals surface area contributed by atoms with Gasteiger partial charge in [-0.2, -0.15) is 0 Å². The van der Waals surface area contributed by atoms with Crippen LogP contribution in [-0.4, -0.2) is 26.0 Å². The lowest BCUT2D eigenvalue weighted by molar-refractivity contribution is -0.129. The fraction of sp³-hybridized carbons (Fsp3) is 0.235. The van der Waals surface area contributed by atoms with Crippen molar-refractivity contribution >= 4 is 21.6 Å². The number of hydrogen-bond donors (Lipinski definition) is 3. The summed E-state index contributed by atoms with van der Waals surface area (Å²) in [4.78, 5) is 12.4. The molecule has 1 aliphatic heterocycles. The van der Waals surface area contributed by atoms with Crippen molar-refractivity contribution in [1.29, 1.82) is 0 Å². The number of nitrogens with one attached hydrogen (secondary N) is 2. The zero-order chi connectivity index (χ0) is 17.5. The number of sulfonamides is 1. The van der Waals surface area contributed by atoms with Crippen molar-refractivity contribution in [3.05, 3.63) is 59.2 Å². The highest BCUT2D eigenvalue weighted by atomic mass is 32.2. The van der Waals surface area contributed by atoms with Crippen LogP contribution >= 0.6 is 0 Å². The second kappa shape index (κ2) is 5.70. The summed E-state index contributed by atoms with van der Waals surface area (Å²) in [5.41, 5.74) is 0.420. The Hall–Kier alpha value is -2.22. The highest BCUT2D eigenvalue weighted by Gasteiger charge is 2.46. The predicted octanol–water partition coefficient (Wildman–Crippen LogP) is 1.48. The number of hydrogen-bond acceptors (Lipinski definition) is 4. The molecule has 0 fully saturated rings. The number of benzene rings is 2. The van der Waals surface area contributed by atoms with Gasteiger partial charge in [0.05, 0.1) is 4.90 Å². The number of amides is 1. The monoisotopic (exact) mass is 346 g/mol. The average molecular weight is 346 g/mol. The maximum absolute atomic E-state index is 12.4. The molecule has 7 heteroatoms. The van der Waals surface area contributed by atoms with Crippen LogP contribution in [-0.2, 0) is 20.4 Å². The van der Waals surface area contributed by atoms with Gasteiger partial charge in [-0.25, -0.2) is 13.1 Å². The van der Waals surface area contributed by atoms with E-state index >= 15 is 0 Å². The molecule has 0 saturated carbocycles. The summed E-state index contributed by atoms with van der Waals surface area (Å²) in [5.74, 6) is -0.551. The van der Waals surface area contributed by atoms with Gasteiger partial charge in [-0.15, -0.1) is 0 Å². The Bertz CT molecular complexity index is 907. The standard InChI is InChI=1S/C17H18N2O4S/c1-3-18-24(22,23)13-7-5-12(6-8-13)17(21)14-10-11(2)4-9-15(14)19-16(17)20/h4-10,18,21H,3H2,1-2H3,(H,19,20). The largest absolute Gasteiger partial charge is 0.372 e. The predicted molar refractivity (Wildman–Crippen MR) is 90.1 cm³/mol. The molecule has 3 N–H and O–H groups in total. The van der Waals surface area contributed by atoms with Crippen LogP contribution in [0.2, 0.25) is 0 Å². The third-order valence-electron chi connectivity index (χ3n) is 4.06. The Balaban J connectivity index is 2.07. The van der Waals surface area contributed by atoms with Crippen LogP contribution in [0.4, 0.5) is 5.69 Å². The van der Waals surface area contributed by atoms with E-state index in [2.05, 4.69) is 10.0 Å². The molecule has 1 amide bonds. The topological polar surface area (TPSA) is 95.5 Å². The van der Waals surface area contributed by atoms with E-state index in [1.807, 2.05) is 13.0 Å². The third-order valence-corrected chi connectivity index (χ3v) is 5.62. The smallest absolute Gasteiger partial charge is 0.265 e. The van der Waals surface area contributed by atoms with Crippen LogP contribution in [0, 0.1) is 6.92 Å². The highest BCUT2D eigenvalue weighted by Crippen LogP contribution is 2.41. The molecule has 3 rings (SSSR count). The highest BCUT2D eigenvalue weighted by molar-refractivity contribution is 7.89. The van der Waals surface area contributed by atoms with Gasteiger partial charge in [0, 0.05) is 17.8 Å². The number of anilines is 1. The molecule has 126 valence electrons. The Morgan fingerprint density at radius 3 is 2.46 bits per heavy atom. The molecule has 0 aromatic heterocycles. The van der Waals surface area contributed by atoms with Gasteiger partial charge in [0.15, 0.2) is 5.60 Å². The lowest BCUT2D eigenvalue weighted by atomic mass is 9.87. The van der Waals surface area contributed by atoms with Crippen molar-refractivity contribution in [3.63, 3.8) is 0 Å². The van der Waals surface area contributed by atoms with E-state index in [0.717, 1.165) is 5.56 Å².